The number of carbonyl (C=O) groups is 1. The third-order valence-corrected chi connectivity index (χ3v) is 5.23. The Morgan fingerprint density at radius 3 is 2.61 bits per heavy atom. The highest BCUT2D eigenvalue weighted by Gasteiger charge is 2.47. The first kappa shape index (κ1) is 16.4. The van der Waals surface area contributed by atoms with Gasteiger partial charge in [0, 0.05) is 6.54 Å². The van der Waals surface area contributed by atoms with Gasteiger partial charge >= 0.3 is 0 Å². The minimum absolute atomic E-state index is 0.0109. The van der Waals surface area contributed by atoms with Gasteiger partial charge in [-0.15, -0.1) is 0 Å². The Labute approximate surface area is 136 Å². The Morgan fingerprint density at radius 1 is 1.35 bits per heavy atom. The highest BCUT2D eigenvalue weighted by atomic mass is 19.1. The first-order chi connectivity index (χ1) is 11.1. The molecule has 1 amide bonds. The molecule has 1 N–H and O–H groups in total. The van der Waals surface area contributed by atoms with Crippen LogP contribution in [0.1, 0.15) is 38.2 Å². The van der Waals surface area contributed by atoms with E-state index in [0.29, 0.717) is 13.2 Å². The second-order valence-electron chi connectivity index (χ2n) is 6.74. The molecule has 126 valence electrons. The molecule has 0 aromatic heterocycles. The Bertz CT molecular complexity index is 554. The molecule has 3 rings (SSSR count). The molecule has 1 aliphatic heterocycles. The maximum absolute atomic E-state index is 13.4. The zero-order valence-electron chi connectivity index (χ0n) is 13.5. The molecule has 2 fully saturated rings. The second kappa shape index (κ2) is 6.57. The van der Waals surface area contributed by atoms with Crippen LogP contribution in [-0.2, 0) is 14.9 Å². The Kier molecular flexibility index (Phi) is 4.69. The molecule has 1 saturated carbocycles. The lowest BCUT2D eigenvalue weighted by Gasteiger charge is -2.42. The fraction of sp³-hybridized carbons (Fsp3) is 0.611. The van der Waals surface area contributed by atoms with Crippen LogP contribution in [0, 0.1) is 5.82 Å². The van der Waals surface area contributed by atoms with Gasteiger partial charge in [0.1, 0.15) is 5.82 Å². The molecular formula is C18H24FNO3. The molecule has 5 heteroatoms. The van der Waals surface area contributed by atoms with E-state index in [4.69, 9.17) is 4.74 Å². The number of ether oxygens (including phenoxy) is 1. The molecule has 1 saturated heterocycles. The Hall–Kier alpha value is -1.46. The maximum Gasteiger partial charge on any atom is 0.233 e. The van der Waals surface area contributed by atoms with E-state index in [9.17, 15) is 14.3 Å². The van der Waals surface area contributed by atoms with Crippen molar-refractivity contribution in [1.82, 2.24) is 4.90 Å². The molecule has 2 atom stereocenters. The molecule has 23 heavy (non-hydrogen) atoms. The lowest BCUT2D eigenvalue weighted by atomic mass is 9.77. The number of rotatable bonds is 3. The summed E-state index contributed by atoms with van der Waals surface area (Å²) in [5.74, 6) is -0.190. The monoisotopic (exact) mass is 321 g/mol. The van der Waals surface area contributed by atoms with E-state index in [1.807, 2.05) is 11.8 Å². The van der Waals surface area contributed by atoms with Crippen molar-refractivity contribution in [2.45, 2.75) is 50.2 Å². The van der Waals surface area contributed by atoms with Gasteiger partial charge < -0.3 is 14.7 Å². The minimum Gasteiger partial charge on any atom is -0.394 e. The van der Waals surface area contributed by atoms with Gasteiger partial charge in [0.25, 0.3) is 0 Å². The van der Waals surface area contributed by atoms with Crippen LogP contribution in [0.2, 0.25) is 0 Å². The number of morpholine rings is 1. The lowest BCUT2D eigenvalue weighted by molar-refractivity contribution is -0.152. The quantitative estimate of drug-likeness (QED) is 0.929. The predicted molar refractivity (Wildman–Crippen MR) is 84.5 cm³/mol. The standard InChI is InChI=1S/C18H24FNO3/c1-13-12-23-16(11-21)10-20(13)17(22)18(8-2-3-9-18)14-4-6-15(19)7-5-14/h4-7,13,16,21H,2-3,8-12H2,1H3. The average molecular weight is 321 g/mol. The smallest absolute Gasteiger partial charge is 0.233 e. The van der Waals surface area contributed by atoms with E-state index in [2.05, 4.69) is 0 Å². The molecule has 0 spiro atoms. The van der Waals surface area contributed by atoms with Crippen molar-refractivity contribution in [1.29, 1.82) is 0 Å². The van der Waals surface area contributed by atoms with Crippen LogP contribution in [-0.4, -0.2) is 47.8 Å². The average Bonchev–Trinajstić information content (AvgIpc) is 3.06. The van der Waals surface area contributed by atoms with E-state index in [0.717, 1.165) is 31.2 Å². The summed E-state index contributed by atoms with van der Waals surface area (Å²) in [6, 6.07) is 6.34. The number of benzene rings is 1. The van der Waals surface area contributed by atoms with Gasteiger partial charge in [-0.3, -0.25) is 4.79 Å². The number of hydrogen-bond donors (Lipinski definition) is 1. The van der Waals surface area contributed by atoms with Gasteiger partial charge in [0.15, 0.2) is 0 Å². The molecule has 1 aromatic rings. The van der Waals surface area contributed by atoms with Crippen molar-refractivity contribution in [3.8, 4) is 0 Å². The molecule has 0 radical (unpaired) electrons. The van der Waals surface area contributed by atoms with E-state index >= 15 is 0 Å². The first-order valence-electron chi connectivity index (χ1n) is 8.36. The highest BCUT2D eigenvalue weighted by Crippen LogP contribution is 2.43. The zero-order chi connectivity index (χ0) is 16.4. The van der Waals surface area contributed by atoms with Gasteiger partial charge in [-0.2, -0.15) is 0 Å². The van der Waals surface area contributed by atoms with Crippen molar-refractivity contribution in [2.24, 2.45) is 0 Å². The molecular weight excluding hydrogens is 297 g/mol. The topological polar surface area (TPSA) is 49.8 Å². The summed E-state index contributed by atoms with van der Waals surface area (Å²) in [6.07, 6.45) is 3.29. The molecule has 4 nitrogen and oxygen atoms in total. The predicted octanol–water partition coefficient (Wildman–Crippen LogP) is 2.25. The van der Waals surface area contributed by atoms with Crippen molar-refractivity contribution in [3.05, 3.63) is 35.6 Å². The van der Waals surface area contributed by atoms with E-state index < -0.39 is 5.41 Å². The summed E-state index contributed by atoms with van der Waals surface area (Å²) in [7, 11) is 0. The van der Waals surface area contributed by atoms with Crippen molar-refractivity contribution < 1.29 is 19.0 Å². The van der Waals surface area contributed by atoms with Crippen LogP contribution < -0.4 is 0 Å². The van der Waals surface area contributed by atoms with E-state index in [1.54, 1.807) is 12.1 Å². The fourth-order valence-electron chi connectivity index (χ4n) is 3.86. The first-order valence-corrected chi connectivity index (χ1v) is 8.36. The molecule has 1 heterocycles. The summed E-state index contributed by atoms with van der Waals surface area (Å²) in [6.45, 7) is 2.74. The number of nitrogens with zero attached hydrogens (tertiary/aromatic N) is 1. The summed E-state index contributed by atoms with van der Waals surface area (Å²) in [4.78, 5) is 15.2. The van der Waals surface area contributed by atoms with Crippen LogP contribution in [0.25, 0.3) is 0 Å². The van der Waals surface area contributed by atoms with Gasteiger partial charge in [0.2, 0.25) is 5.91 Å². The van der Waals surface area contributed by atoms with Crippen molar-refractivity contribution >= 4 is 5.91 Å². The SMILES string of the molecule is CC1COC(CO)CN1C(=O)C1(c2ccc(F)cc2)CCCC1. The Balaban J connectivity index is 1.91. The van der Waals surface area contributed by atoms with E-state index in [1.165, 1.54) is 12.1 Å². The molecule has 1 aromatic carbocycles. The number of halogens is 1. The molecule has 2 unspecified atom stereocenters. The number of hydrogen-bond acceptors (Lipinski definition) is 3. The summed E-state index contributed by atoms with van der Waals surface area (Å²) >= 11 is 0. The number of amides is 1. The van der Waals surface area contributed by atoms with Gasteiger partial charge in [-0.05, 0) is 37.5 Å². The summed E-state index contributed by atoms with van der Waals surface area (Å²) < 4.78 is 18.8. The third kappa shape index (κ3) is 3.00. The van der Waals surface area contributed by atoms with Crippen LogP contribution in [0.5, 0.6) is 0 Å². The number of aliphatic hydroxyl groups is 1. The molecule has 0 bridgehead atoms. The summed E-state index contributed by atoms with van der Waals surface area (Å²) in [5.41, 5.74) is 0.347. The molecule has 1 aliphatic carbocycles. The van der Waals surface area contributed by atoms with Crippen LogP contribution >= 0.6 is 0 Å². The van der Waals surface area contributed by atoms with Crippen LogP contribution in [0.15, 0.2) is 24.3 Å². The largest absolute Gasteiger partial charge is 0.394 e. The minimum atomic E-state index is -0.556. The lowest BCUT2D eigenvalue weighted by Crippen LogP contribution is -2.57. The van der Waals surface area contributed by atoms with Gasteiger partial charge in [-0.1, -0.05) is 25.0 Å². The molecule has 2 aliphatic rings. The summed E-state index contributed by atoms with van der Waals surface area (Å²) in [5, 5.41) is 9.35. The van der Waals surface area contributed by atoms with Crippen molar-refractivity contribution in [3.63, 3.8) is 0 Å². The van der Waals surface area contributed by atoms with Crippen LogP contribution in [0.4, 0.5) is 4.39 Å². The Morgan fingerprint density at radius 2 is 2.00 bits per heavy atom. The second-order valence-corrected chi connectivity index (χ2v) is 6.74. The normalized spacial score (nSPS) is 27.2. The zero-order valence-corrected chi connectivity index (χ0v) is 13.5. The maximum atomic E-state index is 13.4. The van der Waals surface area contributed by atoms with Gasteiger partial charge in [0.05, 0.1) is 30.8 Å². The van der Waals surface area contributed by atoms with Crippen LogP contribution in [0.3, 0.4) is 0 Å². The third-order valence-electron chi connectivity index (χ3n) is 5.23. The fourth-order valence-corrected chi connectivity index (χ4v) is 3.86. The van der Waals surface area contributed by atoms with E-state index in [-0.39, 0.29) is 30.5 Å². The number of carbonyl (C=O) groups excluding carboxylic acids is 1. The number of aliphatic hydroxyl groups excluding tert-OH is 1. The van der Waals surface area contributed by atoms with Gasteiger partial charge in [-0.25, -0.2) is 4.39 Å². The van der Waals surface area contributed by atoms with Crippen molar-refractivity contribution in [2.75, 3.05) is 19.8 Å². The highest BCUT2D eigenvalue weighted by molar-refractivity contribution is 5.89.